The zero-order valence-electron chi connectivity index (χ0n) is 12.8. The van der Waals surface area contributed by atoms with Gasteiger partial charge in [0.05, 0.1) is 22.9 Å². The number of amides is 1. The molecule has 3 aromatic rings. The lowest BCUT2D eigenvalue weighted by atomic mass is 10.2. The summed E-state index contributed by atoms with van der Waals surface area (Å²) in [6, 6.07) is 9.31. The van der Waals surface area contributed by atoms with Crippen molar-refractivity contribution in [2.45, 2.75) is 0 Å². The summed E-state index contributed by atoms with van der Waals surface area (Å²) in [5.41, 5.74) is 0.880. The largest absolute Gasteiger partial charge is 0.455 e. The maximum Gasteiger partial charge on any atom is 0.235 e. The van der Waals surface area contributed by atoms with Crippen molar-refractivity contribution in [2.24, 2.45) is 7.05 Å². The Balaban J connectivity index is 2.02. The van der Waals surface area contributed by atoms with Gasteiger partial charge in [0.25, 0.3) is 0 Å². The molecule has 7 heteroatoms. The van der Waals surface area contributed by atoms with Crippen molar-refractivity contribution in [3.05, 3.63) is 42.7 Å². The molecule has 6 nitrogen and oxygen atoms in total. The number of nitrogens with one attached hydrogen (secondary N) is 1. The standard InChI is InChI=1S/C16H16N4O2S/c1-20-12-6-3-7-13(22-11-5-4-8-17-9-11)15(12)16(19-20)18-14(21)10-23-2/h3-9H,10H2,1-2H3,(H,18,19,21). The first kappa shape index (κ1) is 15.4. The van der Waals surface area contributed by atoms with Crippen LogP contribution < -0.4 is 10.1 Å². The summed E-state index contributed by atoms with van der Waals surface area (Å²) in [5.74, 6) is 2.05. The van der Waals surface area contributed by atoms with Gasteiger partial charge in [-0.2, -0.15) is 16.9 Å². The second-order valence-corrected chi connectivity index (χ2v) is 5.76. The van der Waals surface area contributed by atoms with Crippen LogP contribution >= 0.6 is 11.8 Å². The molecule has 0 fully saturated rings. The molecule has 2 heterocycles. The van der Waals surface area contributed by atoms with Gasteiger partial charge in [0, 0.05) is 13.2 Å². The Hall–Kier alpha value is -2.54. The zero-order chi connectivity index (χ0) is 16.2. The molecule has 0 unspecified atom stereocenters. The highest BCUT2D eigenvalue weighted by molar-refractivity contribution is 7.99. The highest BCUT2D eigenvalue weighted by Gasteiger charge is 2.16. The van der Waals surface area contributed by atoms with Crippen molar-refractivity contribution in [1.82, 2.24) is 14.8 Å². The first-order valence-electron chi connectivity index (χ1n) is 7.01. The number of anilines is 1. The van der Waals surface area contributed by atoms with Gasteiger partial charge in [-0.05, 0) is 30.5 Å². The van der Waals surface area contributed by atoms with Crippen LogP contribution in [-0.2, 0) is 11.8 Å². The highest BCUT2D eigenvalue weighted by Crippen LogP contribution is 2.34. The number of pyridine rings is 1. The van der Waals surface area contributed by atoms with Crippen molar-refractivity contribution in [1.29, 1.82) is 0 Å². The van der Waals surface area contributed by atoms with E-state index in [0.717, 1.165) is 10.9 Å². The van der Waals surface area contributed by atoms with E-state index in [0.29, 0.717) is 23.1 Å². The highest BCUT2D eigenvalue weighted by atomic mass is 32.2. The van der Waals surface area contributed by atoms with Crippen molar-refractivity contribution in [2.75, 3.05) is 17.3 Å². The molecule has 0 atom stereocenters. The van der Waals surface area contributed by atoms with E-state index in [9.17, 15) is 4.79 Å². The maximum atomic E-state index is 11.9. The number of benzene rings is 1. The number of hydrogen-bond donors (Lipinski definition) is 1. The lowest BCUT2D eigenvalue weighted by Crippen LogP contribution is -2.14. The monoisotopic (exact) mass is 328 g/mol. The van der Waals surface area contributed by atoms with Crippen molar-refractivity contribution < 1.29 is 9.53 Å². The molecule has 0 saturated carbocycles. The minimum Gasteiger partial charge on any atom is -0.455 e. The van der Waals surface area contributed by atoms with Gasteiger partial charge in [-0.3, -0.25) is 14.5 Å². The Morgan fingerprint density at radius 2 is 2.22 bits per heavy atom. The second-order valence-electron chi connectivity index (χ2n) is 4.89. The summed E-state index contributed by atoms with van der Waals surface area (Å²) in [7, 11) is 1.83. The third-order valence-electron chi connectivity index (χ3n) is 3.24. The topological polar surface area (TPSA) is 69.0 Å². The smallest absolute Gasteiger partial charge is 0.235 e. The van der Waals surface area contributed by atoms with Gasteiger partial charge in [-0.25, -0.2) is 0 Å². The summed E-state index contributed by atoms with van der Waals surface area (Å²) >= 11 is 1.46. The van der Waals surface area contributed by atoms with E-state index >= 15 is 0 Å². The number of hydrogen-bond acceptors (Lipinski definition) is 5. The number of rotatable bonds is 5. The fraction of sp³-hybridized carbons (Fsp3) is 0.188. The predicted octanol–water partition coefficient (Wildman–Crippen LogP) is 3.06. The average Bonchev–Trinajstić information content (AvgIpc) is 2.86. The second kappa shape index (κ2) is 6.70. The van der Waals surface area contributed by atoms with Crippen molar-refractivity contribution >= 4 is 34.4 Å². The van der Waals surface area contributed by atoms with E-state index in [1.807, 2.05) is 37.6 Å². The molecule has 2 aromatic heterocycles. The third kappa shape index (κ3) is 3.29. The Kier molecular flexibility index (Phi) is 4.47. The lowest BCUT2D eigenvalue weighted by Gasteiger charge is -2.08. The number of fused-ring (bicyclic) bond motifs is 1. The van der Waals surface area contributed by atoms with E-state index in [-0.39, 0.29) is 5.91 Å². The van der Waals surface area contributed by atoms with Crippen molar-refractivity contribution in [3.8, 4) is 11.5 Å². The first-order chi connectivity index (χ1) is 11.2. The van der Waals surface area contributed by atoms with Gasteiger partial charge in [-0.1, -0.05) is 6.07 Å². The fourth-order valence-corrected chi connectivity index (χ4v) is 2.62. The quantitative estimate of drug-likeness (QED) is 0.779. The van der Waals surface area contributed by atoms with Crippen LogP contribution in [0.2, 0.25) is 0 Å². The molecule has 1 aromatic carbocycles. The molecule has 3 rings (SSSR count). The van der Waals surface area contributed by atoms with Crippen molar-refractivity contribution in [3.63, 3.8) is 0 Å². The first-order valence-corrected chi connectivity index (χ1v) is 8.41. The molecule has 1 N–H and O–H groups in total. The van der Waals surface area contributed by atoms with E-state index in [2.05, 4.69) is 15.4 Å². The van der Waals surface area contributed by atoms with E-state index in [1.54, 1.807) is 23.1 Å². The molecule has 0 spiro atoms. The van der Waals surface area contributed by atoms with Crippen LogP contribution in [0, 0.1) is 0 Å². The van der Waals surface area contributed by atoms with Gasteiger partial charge in [0.2, 0.25) is 5.91 Å². The van der Waals surface area contributed by atoms with Crippen LogP contribution in [0.5, 0.6) is 11.5 Å². The van der Waals surface area contributed by atoms with Crippen LogP contribution in [0.4, 0.5) is 5.82 Å². The minimum atomic E-state index is -0.0892. The molecule has 0 aliphatic rings. The van der Waals surface area contributed by atoms with Crippen LogP contribution in [0.15, 0.2) is 42.7 Å². The summed E-state index contributed by atoms with van der Waals surface area (Å²) in [6.07, 6.45) is 5.21. The number of thioether (sulfide) groups is 1. The number of aromatic nitrogens is 3. The molecule has 0 radical (unpaired) electrons. The van der Waals surface area contributed by atoms with Gasteiger partial charge in [0.15, 0.2) is 5.82 Å². The summed E-state index contributed by atoms with van der Waals surface area (Å²) in [5, 5.41) is 8.01. The molecule has 23 heavy (non-hydrogen) atoms. The molecule has 0 bridgehead atoms. The molecule has 0 saturated heterocycles. The maximum absolute atomic E-state index is 11.9. The number of ether oxygens (including phenoxy) is 1. The van der Waals surface area contributed by atoms with Gasteiger partial charge in [-0.15, -0.1) is 0 Å². The van der Waals surface area contributed by atoms with Gasteiger partial charge < -0.3 is 10.1 Å². The Morgan fingerprint density at radius 1 is 1.35 bits per heavy atom. The number of nitrogens with zero attached hydrogens (tertiary/aromatic N) is 3. The van der Waals surface area contributed by atoms with E-state index in [1.165, 1.54) is 11.8 Å². The number of carbonyl (C=O) groups excluding carboxylic acids is 1. The predicted molar refractivity (Wildman–Crippen MR) is 92.0 cm³/mol. The van der Waals surface area contributed by atoms with E-state index < -0.39 is 0 Å². The Labute approximate surface area is 137 Å². The number of aryl methyl sites for hydroxylation is 1. The Bertz CT molecular complexity index is 833. The lowest BCUT2D eigenvalue weighted by molar-refractivity contribution is -0.113. The van der Waals surface area contributed by atoms with Crippen LogP contribution in [0.1, 0.15) is 0 Å². The summed E-state index contributed by atoms with van der Waals surface area (Å²) in [6.45, 7) is 0. The zero-order valence-corrected chi connectivity index (χ0v) is 13.6. The molecule has 1 amide bonds. The summed E-state index contributed by atoms with van der Waals surface area (Å²) in [4.78, 5) is 15.9. The van der Waals surface area contributed by atoms with Crippen LogP contribution in [0.3, 0.4) is 0 Å². The van der Waals surface area contributed by atoms with Gasteiger partial charge in [0.1, 0.15) is 11.5 Å². The van der Waals surface area contributed by atoms with Gasteiger partial charge >= 0.3 is 0 Å². The normalized spacial score (nSPS) is 10.7. The number of carbonyl (C=O) groups is 1. The molecular weight excluding hydrogens is 312 g/mol. The molecular formula is C16H16N4O2S. The third-order valence-corrected chi connectivity index (χ3v) is 3.79. The molecule has 0 aliphatic heterocycles. The summed E-state index contributed by atoms with van der Waals surface area (Å²) < 4.78 is 7.64. The van der Waals surface area contributed by atoms with Crippen LogP contribution in [0.25, 0.3) is 10.9 Å². The minimum absolute atomic E-state index is 0.0892. The molecule has 0 aliphatic carbocycles. The van der Waals surface area contributed by atoms with E-state index in [4.69, 9.17) is 4.74 Å². The van der Waals surface area contributed by atoms with Crippen LogP contribution in [-0.4, -0.2) is 32.7 Å². The molecule has 118 valence electrons. The average molecular weight is 328 g/mol. The SMILES string of the molecule is CSCC(=O)Nc1nn(C)c2cccc(Oc3cccnc3)c12. The fourth-order valence-electron chi connectivity index (χ4n) is 2.29. The Morgan fingerprint density at radius 3 is 2.96 bits per heavy atom.